The first-order valence-electron chi connectivity index (χ1n) is 11.4. The summed E-state index contributed by atoms with van der Waals surface area (Å²) in [5.41, 5.74) is 1.32. The van der Waals surface area contributed by atoms with Gasteiger partial charge in [0.1, 0.15) is 31.2 Å². The summed E-state index contributed by atoms with van der Waals surface area (Å²) in [6.45, 7) is 4.67. The molecule has 4 atom stereocenters. The van der Waals surface area contributed by atoms with Gasteiger partial charge >= 0.3 is 11.9 Å². The molecule has 7 heteroatoms. The molecule has 3 aliphatic rings. The lowest BCUT2D eigenvalue weighted by molar-refractivity contribution is -0.160. The molecular weight excluding hydrogens is 400 g/mol. The molecule has 7 nitrogen and oxygen atoms in total. The maximum atomic E-state index is 11.7. The van der Waals surface area contributed by atoms with Gasteiger partial charge in [-0.15, -0.1) is 0 Å². The second-order valence-electron chi connectivity index (χ2n) is 8.40. The van der Waals surface area contributed by atoms with Crippen LogP contribution in [-0.2, 0) is 30.2 Å². The highest BCUT2D eigenvalue weighted by molar-refractivity contribution is 5.81. The topological polar surface area (TPSA) is 97.9 Å². The third-order valence-electron chi connectivity index (χ3n) is 5.80. The Morgan fingerprint density at radius 1 is 1.03 bits per heavy atom. The Balaban J connectivity index is 0.000000176. The van der Waals surface area contributed by atoms with Crippen molar-refractivity contribution in [2.75, 3.05) is 26.4 Å². The van der Waals surface area contributed by atoms with Gasteiger partial charge in [0.25, 0.3) is 0 Å². The van der Waals surface area contributed by atoms with E-state index in [1.807, 2.05) is 12.1 Å². The number of aryl methyl sites for hydroxylation is 1. The van der Waals surface area contributed by atoms with Crippen molar-refractivity contribution in [1.82, 2.24) is 0 Å². The van der Waals surface area contributed by atoms with Crippen LogP contribution in [0.5, 0.6) is 5.75 Å². The number of ether oxygens (including phenoxy) is 4. The molecule has 2 saturated heterocycles. The number of carboxylic acid groups (broad SMARTS) is 1. The van der Waals surface area contributed by atoms with Gasteiger partial charge < -0.3 is 24.1 Å². The largest absolute Gasteiger partial charge is 0.491 e. The van der Waals surface area contributed by atoms with Gasteiger partial charge in [0.15, 0.2) is 0 Å². The van der Waals surface area contributed by atoms with Crippen LogP contribution in [0.15, 0.2) is 24.3 Å². The number of hydrogen-bond acceptors (Lipinski definition) is 6. The predicted molar refractivity (Wildman–Crippen MR) is 114 cm³/mol. The van der Waals surface area contributed by atoms with E-state index in [2.05, 4.69) is 19.1 Å². The molecule has 0 bridgehead atoms. The van der Waals surface area contributed by atoms with Crippen molar-refractivity contribution in [3.8, 4) is 5.75 Å². The Kier molecular flexibility index (Phi) is 9.15. The smallest absolute Gasteiger partial charge is 0.309 e. The lowest BCUT2D eigenvalue weighted by Gasteiger charge is -2.26. The van der Waals surface area contributed by atoms with Gasteiger partial charge in [-0.2, -0.15) is 0 Å². The average Bonchev–Trinajstić information content (AvgIpc) is 3.70. The fourth-order valence-corrected chi connectivity index (χ4v) is 3.72. The Bertz CT molecular complexity index is 712. The maximum absolute atomic E-state index is 11.7. The molecule has 31 heavy (non-hydrogen) atoms. The third-order valence-corrected chi connectivity index (χ3v) is 5.80. The van der Waals surface area contributed by atoms with Gasteiger partial charge in [-0.3, -0.25) is 9.59 Å². The predicted octanol–water partition coefficient (Wildman–Crippen LogP) is 3.63. The van der Waals surface area contributed by atoms with Crippen molar-refractivity contribution in [3.05, 3.63) is 29.8 Å². The van der Waals surface area contributed by atoms with Crippen LogP contribution in [0.2, 0.25) is 0 Å². The summed E-state index contributed by atoms with van der Waals surface area (Å²) < 4.78 is 20.8. The van der Waals surface area contributed by atoms with Gasteiger partial charge in [0.05, 0.1) is 25.0 Å². The molecule has 4 unspecified atom stereocenters. The van der Waals surface area contributed by atoms with Crippen LogP contribution in [0.3, 0.4) is 0 Å². The van der Waals surface area contributed by atoms with Gasteiger partial charge in [-0.1, -0.05) is 44.4 Å². The Labute approximate surface area is 184 Å². The zero-order chi connectivity index (χ0) is 22.1. The summed E-state index contributed by atoms with van der Waals surface area (Å²) in [4.78, 5) is 22.7. The molecule has 3 fully saturated rings. The van der Waals surface area contributed by atoms with E-state index in [0.717, 1.165) is 31.6 Å². The number of hydrogen-bond donors (Lipinski definition) is 1. The van der Waals surface area contributed by atoms with Gasteiger partial charge in [-0.25, -0.2) is 0 Å². The minimum absolute atomic E-state index is 0.0378. The number of esters is 1. The Morgan fingerprint density at radius 3 is 2.32 bits per heavy atom. The number of carboxylic acids is 1. The number of benzene rings is 1. The number of para-hydroxylation sites is 1. The van der Waals surface area contributed by atoms with Crippen molar-refractivity contribution >= 4 is 11.9 Å². The van der Waals surface area contributed by atoms with Crippen LogP contribution in [0.4, 0.5) is 0 Å². The molecule has 2 aliphatic heterocycles. The normalized spacial score (nSPS) is 26.2. The van der Waals surface area contributed by atoms with Crippen molar-refractivity contribution in [2.24, 2.45) is 11.8 Å². The highest BCUT2D eigenvalue weighted by atomic mass is 16.6. The van der Waals surface area contributed by atoms with E-state index < -0.39 is 17.8 Å². The average molecular weight is 435 g/mol. The zero-order valence-electron chi connectivity index (χ0n) is 18.3. The van der Waals surface area contributed by atoms with E-state index >= 15 is 0 Å². The molecule has 1 saturated carbocycles. The number of carbonyl (C=O) groups excluding carboxylic acids is 1. The lowest BCUT2D eigenvalue weighted by atomic mass is 9.79. The van der Waals surface area contributed by atoms with Crippen molar-refractivity contribution in [3.63, 3.8) is 0 Å². The standard InChI is InChI=1S/C13H18O2.C11H16O5/c1-2-3-6-11-7-4-5-8-13(11)15-10-12-9-14-12;12-10(13)8-3-1-2-4-9(8)11(14)16-6-7-5-15-7/h4-5,7-8,12H,2-3,6,9-10H2,1H3;7-9H,1-6H2,(H,12,13). The van der Waals surface area contributed by atoms with Crippen molar-refractivity contribution in [2.45, 2.75) is 64.1 Å². The molecule has 1 aliphatic carbocycles. The minimum atomic E-state index is -0.885. The fourth-order valence-electron chi connectivity index (χ4n) is 3.72. The second kappa shape index (κ2) is 12.1. The molecule has 4 rings (SSSR count). The maximum Gasteiger partial charge on any atom is 0.309 e. The van der Waals surface area contributed by atoms with Gasteiger partial charge in [0, 0.05) is 0 Å². The molecular formula is C24H34O7. The summed E-state index contributed by atoms with van der Waals surface area (Å²) in [5, 5.41) is 9.01. The molecule has 1 N–H and O–H groups in total. The highest BCUT2D eigenvalue weighted by Crippen LogP contribution is 2.31. The first-order chi connectivity index (χ1) is 15.1. The van der Waals surface area contributed by atoms with Crippen LogP contribution in [0.1, 0.15) is 51.0 Å². The molecule has 0 amide bonds. The molecule has 172 valence electrons. The fraction of sp³-hybridized carbons (Fsp3) is 0.667. The van der Waals surface area contributed by atoms with Crippen molar-refractivity contribution < 1.29 is 33.6 Å². The number of aliphatic carboxylic acids is 1. The number of carbonyl (C=O) groups is 2. The van der Waals surface area contributed by atoms with Crippen LogP contribution < -0.4 is 4.74 Å². The van der Waals surface area contributed by atoms with E-state index in [4.69, 9.17) is 24.1 Å². The van der Waals surface area contributed by atoms with Crippen LogP contribution in [0.25, 0.3) is 0 Å². The summed E-state index contributed by atoms with van der Waals surface area (Å²) in [6, 6.07) is 8.30. The summed E-state index contributed by atoms with van der Waals surface area (Å²) in [7, 11) is 0. The summed E-state index contributed by atoms with van der Waals surface area (Å²) >= 11 is 0. The first kappa shape index (κ1) is 23.5. The summed E-state index contributed by atoms with van der Waals surface area (Å²) in [6.07, 6.45) is 6.92. The van der Waals surface area contributed by atoms with Crippen molar-refractivity contribution in [1.29, 1.82) is 0 Å². The number of rotatable bonds is 10. The second-order valence-corrected chi connectivity index (χ2v) is 8.40. The Hall–Kier alpha value is -2.12. The van der Waals surface area contributed by atoms with Gasteiger partial charge in [0.2, 0.25) is 0 Å². The van der Waals surface area contributed by atoms with E-state index in [1.54, 1.807) is 0 Å². The van der Waals surface area contributed by atoms with Crippen LogP contribution >= 0.6 is 0 Å². The van der Waals surface area contributed by atoms with Crippen LogP contribution in [0, 0.1) is 11.8 Å². The van der Waals surface area contributed by atoms with Gasteiger partial charge in [-0.05, 0) is 37.3 Å². The monoisotopic (exact) mass is 434 g/mol. The number of epoxide rings is 2. The van der Waals surface area contributed by atoms with E-state index in [-0.39, 0.29) is 18.7 Å². The molecule has 1 aromatic rings. The van der Waals surface area contributed by atoms with E-state index in [1.165, 1.54) is 18.4 Å². The highest BCUT2D eigenvalue weighted by Gasteiger charge is 2.37. The van der Waals surface area contributed by atoms with E-state index in [0.29, 0.717) is 32.2 Å². The Morgan fingerprint density at radius 2 is 1.68 bits per heavy atom. The number of unbranched alkanes of at least 4 members (excludes halogenated alkanes) is 1. The molecule has 1 aromatic carbocycles. The summed E-state index contributed by atoms with van der Waals surface area (Å²) in [5.74, 6) is -1.26. The van der Waals surface area contributed by atoms with Crippen LogP contribution in [-0.4, -0.2) is 55.7 Å². The lowest BCUT2D eigenvalue weighted by Crippen LogP contribution is -2.34. The SMILES string of the molecule is CCCCc1ccccc1OCC1CO1.O=C(O)C1CCCCC1C(=O)OCC1CO1. The molecule has 0 spiro atoms. The molecule has 0 aromatic heterocycles. The zero-order valence-corrected chi connectivity index (χ0v) is 18.3. The minimum Gasteiger partial charge on any atom is -0.491 e. The third kappa shape index (κ3) is 8.15. The quantitative estimate of drug-likeness (QED) is 0.443. The first-order valence-corrected chi connectivity index (χ1v) is 11.4. The van der Waals surface area contributed by atoms with E-state index in [9.17, 15) is 9.59 Å². The molecule has 0 radical (unpaired) electrons. The molecule has 2 heterocycles.